The maximum atomic E-state index is 11.5. The van der Waals surface area contributed by atoms with Crippen LogP contribution in [0, 0.1) is 0 Å². The third kappa shape index (κ3) is 4.85. The summed E-state index contributed by atoms with van der Waals surface area (Å²) in [7, 11) is -2.06. The number of hydrogen-bond acceptors (Lipinski definition) is 6. The average Bonchev–Trinajstić information content (AvgIpc) is 2.53. The standard InChI is InChI=1S/C16H18N2O4S/c1-22-15(19)11-13-6-4-3-5-12(13)7-8-14-9-10-17-16(18-14)23(2,20)21/h3-6,9-10H,7-8,11H2,1-2H3. The summed E-state index contributed by atoms with van der Waals surface area (Å²) in [6.07, 6.45) is 3.94. The Morgan fingerprint density at radius 2 is 1.83 bits per heavy atom. The number of nitrogens with zero attached hydrogens (tertiary/aromatic N) is 2. The summed E-state index contributed by atoms with van der Waals surface area (Å²) in [5, 5.41) is -0.169. The number of aromatic nitrogens is 2. The van der Waals surface area contributed by atoms with Gasteiger partial charge in [0.25, 0.3) is 0 Å². The molecular formula is C16H18N2O4S. The molecule has 0 radical (unpaired) electrons. The molecule has 0 N–H and O–H groups in total. The van der Waals surface area contributed by atoms with Crippen LogP contribution in [0.4, 0.5) is 0 Å². The highest BCUT2D eigenvalue weighted by molar-refractivity contribution is 7.90. The van der Waals surface area contributed by atoms with Gasteiger partial charge in [-0.2, -0.15) is 0 Å². The minimum absolute atomic E-state index is 0.169. The molecule has 0 aliphatic rings. The summed E-state index contributed by atoms with van der Waals surface area (Å²) in [5.74, 6) is -0.293. The third-order valence-electron chi connectivity index (χ3n) is 3.35. The monoisotopic (exact) mass is 334 g/mol. The van der Waals surface area contributed by atoms with Crippen molar-refractivity contribution >= 4 is 15.8 Å². The van der Waals surface area contributed by atoms with Crippen LogP contribution >= 0.6 is 0 Å². The molecule has 0 saturated carbocycles. The van der Waals surface area contributed by atoms with Gasteiger partial charge in [0.15, 0.2) is 0 Å². The molecule has 122 valence electrons. The second-order valence-electron chi connectivity index (χ2n) is 5.12. The first-order valence-electron chi connectivity index (χ1n) is 7.05. The van der Waals surface area contributed by atoms with Gasteiger partial charge in [-0.05, 0) is 30.0 Å². The van der Waals surface area contributed by atoms with Gasteiger partial charge in [0.1, 0.15) is 0 Å². The minimum atomic E-state index is -3.42. The summed E-state index contributed by atoms with van der Waals surface area (Å²) in [6.45, 7) is 0. The topological polar surface area (TPSA) is 86.2 Å². The molecule has 0 aliphatic carbocycles. The Morgan fingerprint density at radius 3 is 2.48 bits per heavy atom. The molecule has 0 fully saturated rings. The second kappa shape index (κ2) is 7.32. The number of esters is 1. The molecule has 0 amide bonds. The molecule has 1 heterocycles. The lowest BCUT2D eigenvalue weighted by Crippen LogP contribution is -2.09. The Bertz CT molecular complexity index is 803. The normalized spacial score (nSPS) is 11.2. The number of methoxy groups -OCH3 is 1. The van der Waals surface area contributed by atoms with Gasteiger partial charge in [0.05, 0.1) is 13.5 Å². The fraction of sp³-hybridized carbons (Fsp3) is 0.312. The number of ether oxygens (including phenoxy) is 1. The van der Waals surface area contributed by atoms with Crippen LogP contribution < -0.4 is 0 Å². The zero-order valence-electron chi connectivity index (χ0n) is 13.0. The minimum Gasteiger partial charge on any atom is -0.469 e. The van der Waals surface area contributed by atoms with Gasteiger partial charge in [0, 0.05) is 18.1 Å². The number of carbonyl (C=O) groups is 1. The second-order valence-corrected chi connectivity index (χ2v) is 7.03. The molecule has 1 aromatic heterocycles. The van der Waals surface area contributed by atoms with E-state index in [1.807, 2.05) is 24.3 Å². The molecule has 1 aromatic carbocycles. The van der Waals surface area contributed by atoms with E-state index in [2.05, 4.69) is 9.97 Å². The zero-order valence-corrected chi connectivity index (χ0v) is 13.8. The summed E-state index contributed by atoms with van der Waals surface area (Å²) in [4.78, 5) is 19.3. The lowest BCUT2D eigenvalue weighted by molar-refractivity contribution is -0.139. The molecule has 0 atom stereocenters. The van der Waals surface area contributed by atoms with Crippen LogP contribution in [-0.4, -0.2) is 37.7 Å². The first-order chi connectivity index (χ1) is 10.9. The third-order valence-corrected chi connectivity index (χ3v) is 4.21. The van der Waals surface area contributed by atoms with Gasteiger partial charge >= 0.3 is 5.97 Å². The van der Waals surface area contributed by atoms with Gasteiger partial charge in [0.2, 0.25) is 15.0 Å². The molecule has 0 saturated heterocycles. The number of rotatable bonds is 6. The van der Waals surface area contributed by atoms with E-state index in [-0.39, 0.29) is 17.5 Å². The average molecular weight is 334 g/mol. The van der Waals surface area contributed by atoms with E-state index in [1.165, 1.54) is 13.3 Å². The predicted molar refractivity (Wildman–Crippen MR) is 84.7 cm³/mol. The highest BCUT2D eigenvalue weighted by Gasteiger charge is 2.12. The van der Waals surface area contributed by atoms with Crippen molar-refractivity contribution in [2.45, 2.75) is 24.4 Å². The summed E-state index contributed by atoms with van der Waals surface area (Å²) < 4.78 is 27.7. The number of sulfone groups is 1. The van der Waals surface area contributed by atoms with Crippen molar-refractivity contribution < 1.29 is 17.9 Å². The van der Waals surface area contributed by atoms with Crippen molar-refractivity contribution in [3.63, 3.8) is 0 Å². The van der Waals surface area contributed by atoms with E-state index in [0.29, 0.717) is 18.5 Å². The van der Waals surface area contributed by atoms with Gasteiger partial charge in [-0.15, -0.1) is 0 Å². The van der Waals surface area contributed by atoms with Crippen molar-refractivity contribution in [2.24, 2.45) is 0 Å². The number of benzene rings is 1. The smallest absolute Gasteiger partial charge is 0.309 e. The highest BCUT2D eigenvalue weighted by atomic mass is 32.2. The molecule has 7 heteroatoms. The lowest BCUT2D eigenvalue weighted by atomic mass is 9.99. The van der Waals surface area contributed by atoms with Gasteiger partial charge in [-0.3, -0.25) is 4.79 Å². The van der Waals surface area contributed by atoms with Crippen molar-refractivity contribution in [3.8, 4) is 0 Å². The molecule has 6 nitrogen and oxygen atoms in total. The molecule has 2 aromatic rings. The maximum absolute atomic E-state index is 11.5. The van der Waals surface area contributed by atoms with Crippen molar-refractivity contribution in [2.75, 3.05) is 13.4 Å². The van der Waals surface area contributed by atoms with Gasteiger partial charge < -0.3 is 4.74 Å². The lowest BCUT2D eigenvalue weighted by Gasteiger charge is -2.08. The SMILES string of the molecule is COC(=O)Cc1ccccc1CCc1ccnc(S(C)(=O)=O)n1. The van der Waals surface area contributed by atoms with Crippen LogP contribution in [0.25, 0.3) is 0 Å². The number of hydrogen-bond donors (Lipinski definition) is 0. The summed E-state index contributed by atoms with van der Waals surface area (Å²) in [5.41, 5.74) is 2.56. The summed E-state index contributed by atoms with van der Waals surface area (Å²) in [6, 6.07) is 9.29. The first kappa shape index (κ1) is 17.1. The van der Waals surface area contributed by atoms with Crippen molar-refractivity contribution in [1.29, 1.82) is 0 Å². The predicted octanol–water partition coefficient (Wildman–Crippen LogP) is 1.38. The Kier molecular flexibility index (Phi) is 5.44. The van der Waals surface area contributed by atoms with Crippen LogP contribution in [0.1, 0.15) is 16.8 Å². The van der Waals surface area contributed by atoms with E-state index in [4.69, 9.17) is 4.74 Å². The maximum Gasteiger partial charge on any atom is 0.309 e. The Balaban J connectivity index is 2.14. The molecule has 0 spiro atoms. The van der Waals surface area contributed by atoms with Gasteiger partial charge in [-0.25, -0.2) is 18.4 Å². The zero-order chi connectivity index (χ0) is 16.9. The van der Waals surface area contributed by atoms with E-state index in [1.54, 1.807) is 6.07 Å². The van der Waals surface area contributed by atoms with E-state index in [9.17, 15) is 13.2 Å². The van der Waals surface area contributed by atoms with E-state index >= 15 is 0 Å². The van der Waals surface area contributed by atoms with Crippen LogP contribution in [0.3, 0.4) is 0 Å². The fourth-order valence-corrected chi connectivity index (χ4v) is 2.69. The largest absolute Gasteiger partial charge is 0.469 e. The number of carbonyl (C=O) groups excluding carboxylic acids is 1. The molecule has 0 aliphatic heterocycles. The first-order valence-corrected chi connectivity index (χ1v) is 8.95. The molecule has 23 heavy (non-hydrogen) atoms. The van der Waals surface area contributed by atoms with Crippen molar-refractivity contribution in [3.05, 3.63) is 53.3 Å². The van der Waals surface area contributed by atoms with E-state index in [0.717, 1.165) is 17.4 Å². The van der Waals surface area contributed by atoms with Crippen LogP contribution in [0.15, 0.2) is 41.7 Å². The Morgan fingerprint density at radius 1 is 1.13 bits per heavy atom. The van der Waals surface area contributed by atoms with Crippen LogP contribution in [0.5, 0.6) is 0 Å². The van der Waals surface area contributed by atoms with Crippen molar-refractivity contribution in [1.82, 2.24) is 9.97 Å². The quantitative estimate of drug-likeness (QED) is 0.586. The van der Waals surface area contributed by atoms with Gasteiger partial charge in [-0.1, -0.05) is 24.3 Å². The van der Waals surface area contributed by atoms with E-state index < -0.39 is 9.84 Å². The Labute approximate surface area is 135 Å². The Hall–Kier alpha value is -2.28. The molecule has 0 bridgehead atoms. The number of aryl methyl sites for hydroxylation is 2. The fourth-order valence-electron chi connectivity index (χ4n) is 2.16. The summed E-state index contributed by atoms with van der Waals surface area (Å²) >= 11 is 0. The molecule has 2 rings (SSSR count). The van der Waals surface area contributed by atoms with Crippen LogP contribution in [-0.2, 0) is 38.6 Å². The molecule has 0 unspecified atom stereocenters. The highest BCUT2D eigenvalue weighted by Crippen LogP contribution is 2.13. The van der Waals surface area contributed by atoms with Crippen LogP contribution in [0.2, 0.25) is 0 Å². The molecular weight excluding hydrogens is 316 g/mol.